The Morgan fingerprint density at radius 1 is 1.50 bits per heavy atom. The van der Waals surface area contributed by atoms with Gasteiger partial charge in [0.05, 0.1) is 10.5 Å². The minimum Gasteiger partial charge on any atom is -0.325 e. The fraction of sp³-hybridized carbons (Fsp3) is 0.364. The predicted octanol–water partition coefficient (Wildman–Crippen LogP) is 2.51. The molecule has 0 saturated carbocycles. The molecule has 1 rings (SSSR count). The molecule has 0 spiro atoms. The second-order valence-electron chi connectivity index (χ2n) is 3.89. The van der Waals surface area contributed by atoms with Crippen molar-refractivity contribution < 1.29 is 9.18 Å². The number of anilines is 1. The van der Waals surface area contributed by atoms with Crippen LogP contribution in [0.3, 0.4) is 0 Å². The van der Waals surface area contributed by atoms with E-state index in [9.17, 15) is 9.18 Å². The van der Waals surface area contributed by atoms with Crippen molar-refractivity contribution in [2.45, 2.75) is 19.9 Å². The molecule has 0 radical (unpaired) electrons. The van der Waals surface area contributed by atoms with Crippen molar-refractivity contribution in [1.82, 2.24) is 0 Å². The summed E-state index contributed by atoms with van der Waals surface area (Å²) in [6.45, 7) is 3.73. The topological polar surface area (TPSA) is 55.1 Å². The summed E-state index contributed by atoms with van der Waals surface area (Å²) in [5.74, 6) is -0.580. The van der Waals surface area contributed by atoms with Gasteiger partial charge in [0.2, 0.25) is 5.91 Å². The molecule has 1 aromatic rings. The third-order valence-electron chi connectivity index (χ3n) is 2.21. The molecule has 3 N–H and O–H groups in total. The van der Waals surface area contributed by atoms with Crippen LogP contribution in [0.15, 0.2) is 22.7 Å². The molecule has 3 nitrogen and oxygen atoms in total. The molecule has 0 fully saturated rings. The highest BCUT2D eigenvalue weighted by Crippen LogP contribution is 2.20. The Morgan fingerprint density at radius 2 is 2.12 bits per heavy atom. The molecule has 0 heterocycles. The largest absolute Gasteiger partial charge is 0.325 e. The lowest BCUT2D eigenvalue weighted by Crippen LogP contribution is -2.39. The first kappa shape index (κ1) is 13.1. The molecule has 0 aliphatic carbocycles. The second-order valence-corrected chi connectivity index (χ2v) is 4.74. The maximum Gasteiger partial charge on any atom is 0.241 e. The van der Waals surface area contributed by atoms with Gasteiger partial charge >= 0.3 is 0 Å². The number of hydrogen-bond donors (Lipinski definition) is 2. The number of rotatable bonds is 3. The Kier molecular flexibility index (Phi) is 4.44. The van der Waals surface area contributed by atoms with Gasteiger partial charge in [0.1, 0.15) is 5.82 Å². The molecule has 0 saturated heterocycles. The van der Waals surface area contributed by atoms with Crippen LogP contribution >= 0.6 is 15.9 Å². The van der Waals surface area contributed by atoms with Crippen molar-refractivity contribution in [2.75, 3.05) is 5.32 Å². The van der Waals surface area contributed by atoms with Crippen LogP contribution in [-0.2, 0) is 4.79 Å². The lowest BCUT2D eigenvalue weighted by atomic mass is 10.1. The van der Waals surface area contributed by atoms with E-state index in [1.165, 1.54) is 18.2 Å². The molecular weight excluding hydrogens is 275 g/mol. The molecule has 1 aromatic carbocycles. The van der Waals surface area contributed by atoms with Gasteiger partial charge in [0.15, 0.2) is 0 Å². The maximum atomic E-state index is 12.9. The molecule has 1 atom stereocenters. The number of carbonyl (C=O) groups excluding carboxylic acids is 1. The van der Waals surface area contributed by atoms with Crippen molar-refractivity contribution >= 4 is 27.5 Å². The molecule has 1 unspecified atom stereocenters. The quantitative estimate of drug-likeness (QED) is 0.898. The van der Waals surface area contributed by atoms with E-state index in [4.69, 9.17) is 5.73 Å². The first-order valence-electron chi connectivity index (χ1n) is 4.93. The number of amides is 1. The van der Waals surface area contributed by atoms with Gasteiger partial charge in [-0.1, -0.05) is 13.8 Å². The van der Waals surface area contributed by atoms with Gasteiger partial charge in [-0.05, 0) is 40.0 Å². The number of carbonyl (C=O) groups is 1. The van der Waals surface area contributed by atoms with Crippen molar-refractivity contribution in [3.8, 4) is 0 Å². The third-order valence-corrected chi connectivity index (χ3v) is 2.82. The molecule has 16 heavy (non-hydrogen) atoms. The average Bonchev–Trinajstić information content (AvgIpc) is 2.22. The van der Waals surface area contributed by atoms with Crippen LogP contribution in [0, 0.1) is 11.7 Å². The maximum absolute atomic E-state index is 12.9. The highest BCUT2D eigenvalue weighted by Gasteiger charge is 2.17. The van der Waals surface area contributed by atoms with Crippen molar-refractivity contribution in [1.29, 1.82) is 0 Å². The third kappa shape index (κ3) is 3.28. The predicted molar refractivity (Wildman–Crippen MR) is 65.5 cm³/mol. The molecule has 5 heteroatoms. The summed E-state index contributed by atoms with van der Waals surface area (Å²) in [6.07, 6.45) is 0. The minimum atomic E-state index is -0.566. The lowest BCUT2D eigenvalue weighted by Gasteiger charge is -2.15. The number of hydrogen-bond acceptors (Lipinski definition) is 2. The van der Waals surface area contributed by atoms with E-state index in [1.807, 2.05) is 13.8 Å². The molecular formula is C11H14BrFN2O. The van der Waals surface area contributed by atoms with Crippen LogP contribution in [0.5, 0.6) is 0 Å². The summed E-state index contributed by atoms with van der Waals surface area (Å²) in [5.41, 5.74) is 6.20. The van der Waals surface area contributed by atoms with Crippen LogP contribution < -0.4 is 11.1 Å². The highest BCUT2D eigenvalue weighted by molar-refractivity contribution is 9.10. The molecule has 0 aliphatic heterocycles. The summed E-state index contributed by atoms with van der Waals surface area (Å²) < 4.78 is 13.2. The van der Waals surface area contributed by atoms with E-state index in [2.05, 4.69) is 21.2 Å². The molecule has 0 aliphatic rings. The van der Waals surface area contributed by atoms with E-state index >= 15 is 0 Å². The van der Waals surface area contributed by atoms with Gasteiger partial charge in [0.25, 0.3) is 0 Å². The van der Waals surface area contributed by atoms with Gasteiger partial charge in [-0.25, -0.2) is 4.39 Å². The van der Waals surface area contributed by atoms with Crippen LogP contribution in [0.4, 0.5) is 10.1 Å². The molecule has 88 valence electrons. The average molecular weight is 289 g/mol. The minimum absolute atomic E-state index is 0.0592. The fourth-order valence-electron chi connectivity index (χ4n) is 1.10. The molecule has 0 bridgehead atoms. The summed E-state index contributed by atoms with van der Waals surface area (Å²) in [7, 11) is 0. The van der Waals surface area contributed by atoms with Gasteiger partial charge in [-0.2, -0.15) is 0 Å². The summed E-state index contributed by atoms with van der Waals surface area (Å²) in [6, 6.07) is 3.70. The van der Waals surface area contributed by atoms with Gasteiger partial charge < -0.3 is 11.1 Å². The Hall–Kier alpha value is -0.940. The van der Waals surface area contributed by atoms with E-state index in [0.717, 1.165) is 0 Å². The SMILES string of the molecule is CC(C)C(N)C(=O)Nc1ccc(F)c(Br)c1. The van der Waals surface area contributed by atoms with Gasteiger partial charge in [-0.3, -0.25) is 4.79 Å². The highest BCUT2D eigenvalue weighted by atomic mass is 79.9. The zero-order chi connectivity index (χ0) is 12.3. The fourth-order valence-corrected chi connectivity index (χ4v) is 1.48. The zero-order valence-corrected chi connectivity index (χ0v) is 10.7. The van der Waals surface area contributed by atoms with Gasteiger partial charge in [-0.15, -0.1) is 0 Å². The summed E-state index contributed by atoms with van der Waals surface area (Å²) >= 11 is 3.04. The van der Waals surface area contributed by atoms with Crippen molar-refractivity contribution in [3.63, 3.8) is 0 Å². The van der Waals surface area contributed by atoms with Crippen LogP contribution in [0.25, 0.3) is 0 Å². The molecule has 0 aromatic heterocycles. The number of nitrogens with two attached hydrogens (primary N) is 1. The van der Waals surface area contributed by atoms with E-state index < -0.39 is 6.04 Å². The number of halogens is 2. The monoisotopic (exact) mass is 288 g/mol. The van der Waals surface area contributed by atoms with Crippen LogP contribution in [-0.4, -0.2) is 11.9 Å². The Bertz CT molecular complexity index is 396. The van der Waals surface area contributed by atoms with E-state index in [1.54, 1.807) is 0 Å². The van der Waals surface area contributed by atoms with Gasteiger partial charge in [0, 0.05) is 5.69 Å². The standard InChI is InChI=1S/C11H14BrFN2O/c1-6(2)10(14)11(16)15-7-3-4-9(13)8(12)5-7/h3-6,10H,14H2,1-2H3,(H,15,16). The first-order valence-corrected chi connectivity index (χ1v) is 5.72. The lowest BCUT2D eigenvalue weighted by molar-refractivity contribution is -0.118. The number of nitrogens with one attached hydrogen (secondary N) is 1. The number of benzene rings is 1. The van der Waals surface area contributed by atoms with E-state index in [0.29, 0.717) is 10.2 Å². The van der Waals surface area contributed by atoms with Crippen molar-refractivity contribution in [2.24, 2.45) is 11.7 Å². The normalized spacial score (nSPS) is 12.6. The molecule has 1 amide bonds. The Morgan fingerprint density at radius 3 is 2.62 bits per heavy atom. The van der Waals surface area contributed by atoms with Crippen LogP contribution in [0.2, 0.25) is 0 Å². The summed E-state index contributed by atoms with van der Waals surface area (Å²) in [5, 5.41) is 2.63. The smallest absolute Gasteiger partial charge is 0.241 e. The van der Waals surface area contributed by atoms with Crippen LogP contribution in [0.1, 0.15) is 13.8 Å². The Balaban J connectivity index is 2.74. The van der Waals surface area contributed by atoms with E-state index in [-0.39, 0.29) is 17.6 Å². The Labute approximate surface area is 102 Å². The second kappa shape index (κ2) is 5.41. The van der Waals surface area contributed by atoms with Crippen molar-refractivity contribution in [3.05, 3.63) is 28.5 Å². The first-order chi connectivity index (χ1) is 7.41. The summed E-state index contributed by atoms with van der Waals surface area (Å²) in [4.78, 5) is 11.6. The zero-order valence-electron chi connectivity index (χ0n) is 9.13.